The molecule has 0 rings (SSSR count). The Hall–Kier alpha value is -0.570. The summed E-state index contributed by atoms with van der Waals surface area (Å²) in [6.45, 7) is 11.8. The van der Waals surface area contributed by atoms with E-state index in [0.717, 1.165) is 0 Å². The first-order valence-electron chi connectivity index (χ1n) is 4.89. The highest BCUT2D eigenvalue weighted by Gasteiger charge is 2.45. The van der Waals surface area contributed by atoms with Crippen LogP contribution in [-0.4, -0.2) is 33.8 Å². The topological polar surface area (TPSA) is 37.3 Å². The highest BCUT2D eigenvalue weighted by Crippen LogP contribution is 2.24. The molecule has 1 amide bonds. The Morgan fingerprint density at radius 1 is 0.923 bits per heavy atom. The minimum Gasteiger partial charge on any atom is -0.435 e. The number of hydrogen-bond acceptors (Lipinski definition) is 1. The number of amides is 1. The minimum absolute atomic E-state index is 0.109. The summed E-state index contributed by atoms with van der Waals surface area (Å²) in [4.78, 5) is 11.3. The molecule has 0 saturated heterocycles. The molecular weight excluding hydrogens is 166 g/mol. The van der Waals surface area contributed by atoms with E-state index in [-0.39, 0.29) is 22.6 Å². The van der Waals surface area contributed by atoms with Crippen LogP contribution < -0.4 is 0 Å². The van der Waals surface area contributed by atoms with E-state index >= 15 is 0 Å². The Kier molecular flexibility index (Phi) is 3.91. The van der Waals surface area contributed by atoms with E-state index in [0.29, 0.717) is 0 Å². The Morgan fingerprint density at radius 2 is 1.15 bits per heavy atom. The van der Waals surface area contributed by atoms with Crippen molar-refractivity contribution in [2.75, 3.05) is 0 Å². The molecule has 0 radical (unpaired) electrons. The van der Waals surface area contributed by atoms with Gasteiger partial charge in [-0.05, 0) is 41.5 Å². The molecule has 0 heterocycles. The smallest absolute Gasteiger partial charge is 0.435 e. The van der Waals surface area contributed by atoms with E-state index in [1.54, 1.807) is 0 Å². The molecule has 0 fully saturated rings. The number of quaternary nitrogens is 1. The molecule has 13 heavy (non-hydrogen) atoms. The van der Waals surface area contributed by atoms with E-state index < -0.39 is 6.09 Å². The maximum atomic E-state index is 11.3. The summed E-state index contributed by atoms with van der Waals surface area (Å²) >= 11 is 0. The SMILES string of the molecule is CC(C)[N+](C(=O)O)(C(C)C)C(C)C. The van der Waals surface area contributed by atoms with Crippen molar-refractivity contribution in [3.05, 3.63) is 0 Å². The lowest BCUT2D eigenvalue weighted by Gasteiger charge is -2.43. The van der Waals surface area contributed by atoms with E-state index in [1.807, 2.05) is 41.5 Å². The lowest BCUT2D eigenvalue weighted by molar-refractivity contribution is -0.918. The Morgan fingerprint density at radius 3 is 1.15 bits per heavy atom. The molecule has 0 atom stereocenters. The second kappa shape index (κ2) is 4.09. The first-order valence-corrected chi connectivity index (χ1v) is 4.89. The van der Waals surface area contributed by atoms with E-state index in [2.05, 4.69) is 0 Å². The van der Waals surface area contributed by atoms with Gasteiger partial charge in [0.25, 0.3) is 0 Å². The van der Waals surface area contributed by atoms with Crippen LogP contribution in [0.1, 0.15) is 41.5 Å². The second-order valence-electron chi connectivity index (χ2n) is 4.40. The first kappa shape index (κ1) is 12.4. The fourth-order valence-electron chi connectivity index (χ4n) is 2.45. The molecule has 1 N–H and O–H groups in total. The first-order chi connectivity index (χ1) is 5.77. The van der Waals surface area contributed by atoms with Crippen LogP contribution in [0.25, 0.3) is 0 Å². The molecule has 0 aromatic heterocycles. The Labute approximate surface area is 80.9 Å². The monoisotopic (exact) mass is 188 g/mol. The predicted octanol–water partition coefficient (Wildman–Crippen LogP) is 2.71. The summed E-state index contributed by atoms with van der Waals surface area (Å²) in [6, 6.07) is 0.326. The molecule has 0 aliphatic rings. The minimum atomic E-state index is -0.722. The van der Waals surface area contributed by atoms with Gasteiger partial charge >= 0.3 is 6.09 Å². The van der Waals surface area contributed by atoms with Crippen LogP contribution in [0.5, 0.6) is 0 Å². The van der Waals surface area contributed by atoms with Crippen molar-refractivity contribution in [1.29, 1.82) is 0 Å². The Bertz CT molecular complexity index is 164. The van der Waals surface area contributed by atoms with Crippen molar-refractivity contribution in [3.63, 3.8) is 0 Å². The van der Waals surface area contributed by atoms with Crippen molar-refractivity contribution in [2.45, 2.75) is 59.7 Å². The second-order valence-corrected chi connectivity index (χ2v) is 4.40. The van der Waals surface area contributed by atoms with Gasteiger partial charge < -0.3 is 5.11 Å². The van der Waals surface area contributed by atoms with Crippen LogP contribution >= 0.6 is 0 Å². The molecular formula is C10H22NO2+. The van der Waals surface area contributed by atoms with Crippen LogP contribution in [0.15, 0.2) is 0 Å². The van der Waals surface area contributed by atoms with Gasteiger partial charge in [-0.2, -0.15) is 4.79 Å². The lowest BCUT2D eigenvalue weighted by atomic mass is 10.1. The number of nitrogens with zero attached hydrogens (tertiary/aromatic N) is 1. The molecule has 0 aromatic carbocycles. The zero-order chi connectivity index (χ0) is 10.8. The van der Waals surface area contributed by atoms with Crippen LogP contribution in [0.3, 0.4) is 0 Å². The molecule has 78 valence electrons. The highest BCUT2D eigenvalue weighted by molar-refractivity contribution is 5.57. The average Bonchev–Trinajstić information content (AvgIpc) is 1.82. The van der Waals surface area contributed by atoms with Gasteiger partial charge in [-0.1, -0.05) is 0 Å². The summed E-state index contributed by atoms with van der Waals surface area (Å²) < 4.78 is 0.139. The molecule has 0 saturated carbocycles. The highest BCUT2D eigenvalue weighted by atomic mass is 16.4. The summed E-state index contributed by atoms with van der Waals surface area (Å²) in [7, 11) is 0. The van der Waals surface area contributed by atoms with Gasteiger partial charge in [0.1, 0.15) is 0 Å². The normalized spacial score (nSPS) is 13.0. The largest absolute Gasteiger partial charge is 0.514 e. The van der Waals surface area contributed by atoms with Crippen LogP contribution in [0.4, 0.5) is 4.79 Å². The van der Waals surface area contributed by atoms with Crippen molar-refractivity contribution >= 4 is 6.09 Å². The molecule has 0 aliphatic carbocycles. The van der Waals surface area contributed by atoms with Crippen LogP contribution in [0, 0.1) is 0 Å². The van der Waals surface area contributed by atoms with Crippen molar-refractivity contribution in [1.82, 2.24) is 0 Å². The van der Waals surface area contributed by atoms with Gasteiger partial charge in [-0.15, -0.1) is 0 Å². The van der Waals surface area contributed by atoms with Crippen molar-refractivity contribution < 1.29 is 14.4 Å². The molecule has 0 bridgehead atoms. The van der Waals surface area contributed by atoms with Gasteiger partial charge in [0.05, 0.1) is 18.1 Å². The summed E-state index contributed by atoms with van der Waals surface area (Å²) in [6.07, 6.45) is -0.722. The zero-order valence-corrected chi connectivity index (χ0v) is 9.53. The fraction of sp³-hybridized carbons (Fsp3) is 0.900. The molecule has 3 heteroatoms. The van der Waals surface area contributed by atoms with E-state index in [9.17, 15) is 9.90 Å². The predicted molar refractivity (Wildman–Crippen MR) is 53.7 cm³/mol. The number of rotatable bonds is 3. The van der Waals surface area contributed by atoms with Crippen LogP contribution in [-0.2, 0) is 0 Å². The molecule has 0 aromatic rings. The lowest BCUT2D eigenvalue weighted by Crippen LogP contribution is -2.64. The van der Waals surface area contributed by atoms with Gasteiger partial charge in [-0.3, -0.25) is 0 Å². The third-order valence-corrected chi connectivity index (χ3v) is 2.89. The zero-order valence-electron chi connectivity index (χ0n) is 9.53. The number of hydrogen-bond donors (Lipinski definition) is 1. The quantitative estimate of drug-likeness (QED) is 0.691. The number of carbonyl (C=O) groups is 1. The van der Waals surface area contributed by atoms with Gasteiger partial charge in [0.2, 0.25) is 0 Å². The summed E-state index contributed by atoms with van der Waals surface area (Å²) in [5, 5.41) is 9.31. The molecule has 3 nitrogen and oxygen atoms in total. The maximum Gasteiger partial charge on any atom is 0.514 e. The van der Waals surface area contributed by atoms with Crippen molar-refractivity contribution in [2.24, 2.45) is 0 Å². The average molecular weight is 188 g/mol. The molecule has 0 unspecified atom stereocenters. The number of carboxylic acid groups (broad SMARTS) is 1. The van der Waals surface area contributed by atoms with E-state index in [1.165, 1.54) is 0 Å². The fourth-order valence-corrected chi connectivity index (χ4v) is 2.45. The standard InChI is InChI=1S/C10H21NO2/c1-7(2)11(8(3)4,9(5)6)10(12)13/h7-9H,1-6H3/p+1. The summed E-state index contributed by atoms with van der Waals surface area (Å²) in [5.74, 6) is 0. The van der Waals surface area contributed by atoms with Crippen molar-refractivity contribution in [3.8, 4) is 0 Å². The van der Waals surface area contributed by atoms with Gasteiger partial charge in [0, 0.05) is 0 Å². The maximum absolute atomic E-state index is 11.3. The Balaban J connectivity index is 5.19. The molecule has 0 aliphatic heterocycles. The molecule has 0 spiro atoms. The van der Waals surface area contributed by atoms with E-state index in [4.69, 9.17) is 0 Å². The summed E-state index contributed by atoms with van der Waals surface area (Å²) in [5.41, 5.74) is 0. The third-order valence-electron chi connectivity index (χ3n) is 2.89. The van der Waals surface area contributed by atoms with Gasteiger partial charge in [0.15, 0.2) is 0 Å². The van der Waals surface area contributed by atoms with Gasteiger partial charge in [-0.25, -0.2) is 4.48 Å². The third kappa shape index (κ3) is 1.85. The van der Waals surface area contributed by atoms with Crippen LogP contribution in [0.2, 0.25) is 0 Å².